The van der Waals surface area contributed by atoms with Crippen molar-refractivity contribution in [2.24, 2.45) is 5.92 Å². The van der Waals surface area contributed by atoms with Crippen LogP contribution in [0.3, 0.4) is 0 Å². The molecule has 3 aliphatic rings. The monoisotopic (exact) mass is 353 g/mol. The van der Waals surface area contributed by atoms with Crippen molar-refractivity contribution in [1.82, 2.24) is 14.8 Å². The summed E-state index contributed by atoms with van der Waals surface area (Å²) < 4.78 is 37.7. The van der Waals surface area contributed by atoms with E-state index in [2.05, 4.69) is 9.88 Å². The van der Waals surface area contributed by atoms with Gasteiger partial charge in [-0.3, -0.25) is 14.7 Å². The maximum absolute atomic E-state index is 12.6. The van der Waals surface area contributed by atoms with Gasteiger partial charge in [-0.15, -0.1) is 0 Å². The van der Waals surface area contributed by atoms with Crippen molar-refractivity contribution in [3.8, 4) is 0 Å². The molecule has 136 valence electrons. The second-order valence-corrected chi connectivity index (χ2v) is 7.37. The summed E-state index contributed by atoms with van der Waals surface area (Å²) in [7, 11) is 0. The van der Waals surface area contributed by atoms with Gasteiger partial charge in [-0.2, -0.15) is 13.2 Å². The topological polar surface area (TPSA) is 36.4 Å². The molecule has 0 N–H and O–H groups in total. The largest absolute Gasteiger partial charge is 0.433 e. The number of hydrogen-bond donors (Lipinski definition) is 0. The molecule has 1 saturated heterocycles. The van der Waals surface area contributed by atoms with E-state index in [1.165, 1.54) is 31.5 Å². The SMILES string of the molecule is O=C([C@H]1CC1c1ccc(C(F)(F)F)nc1)N1CCN(C2CCC2)CC1. The van der Waals surface area contributed by atoms with Gasteiger partial charge in [0.1, 0.15) is 5.69 Å². The molecule has 1 amide bonds. The molecule has 1 aromatic heterocycles. The van der Waals surface area contributed by atoms with Gasteiger partial charge in [-0.05, 0) is 36.8 Å². The van der Waals surface area contributed by atoms with Crippen LogP contribution in [0.1, 0.15) is 42.9 Å². The molecule has 1 aliphatic heterocycles. The predicted molar refractivity (Wildman–Crippen MR) is 85.9 cm³/mol. The second-order valence-electron chi connectivity index (χ2n) is 7.37. The molecule has 2 atom stereocenters. The van der Waals surface area contributed by atoms with E-state index in [-0.39, 0.29) is 17.7 Å². The number of alkyl halides is 3. The minimum atomic E-state index is -4.42. The summed E-state index contributed by atoms with van der Waals surface area (Å²) in [6.07, 6.45) is 1.44. The Morgan fingerprint density at radius 2 is 1.84 bits per heavy atom. The van der Waals surface area contributed by atoms with Crippen LogP contribution < -0.4 is 0 Å². The van der Waals surface area contributed by atoms with Crippen LogP contribution in [0.15, 0.2) is 18.3 Å². The molecule has 7 heteroatoms. The summed E-state index contributed by atoms with van der Waals surface area (Å²) >= 11 is 0. The Morgan fingerprint density at radius 1 is 1.12 bits per heavy atom. The first-order valence-corrected chi connectivity index (χ1v) is 8.99. The zero-order valence-electron chi connectivity index (χ0n) is 14.0. The van der Waals surface area contributed by atoms with Gasteiger partial charge in [-0.25, -0.2) is 0 Å². The van der Waals surface area contributed by atoms with Gasteiger partial charge in [0.2, 0.25) is 5.91 Å². The Balaban J connectivity index is 1.31. The van der Waals surface area contributed by atoms with Crippen molar-refractivity contribution in [2.75, 3.05) is 26.2 Å². The van der Waals surface area contributed by atoms with Crippen molar-refractivity contribution >= 4 is 5.91 Å². The molecule has 1 aromatic rings. The molecule has 2 saturated carbocycles. The summed E-state index contributed by atoms with van der Waals surface area (Å²) in [5.74, 6) is 0.0823. The van der Waals surface area contributed by atoms with Gasteiger partial charge < -0.3 is 4.90 Å². The number of pyridine rings is 1. The highest BCUT2D eigenvalue weighted by atomic mass is 19.4. The van der Waals surface area contributed by atoms with Crippen molar-refractivity contribution in [3.63, 3.8) is 0 Å². The van der Waals surface area contributed by atoms with Crippen LogP contribution in [0.4, 0.5) is 13.2 Å². The highest BCUT2D eigenvalue weighted by molar-refractivity contribution is 5.83. The van der Waals surface area contributed by atoms with Crippen molar-refractivity contribution in [1.29, 1.82) is 0 Å². The van der Waals surface area contributed by atoms with Gasteiger partial charge in [0.25, 0.3) is 0 Å². The number of halogens is 3. The normalized spacial score (nSPS) is 27.9. The Labute approximate surface area is 145 Å². The number of aromatic nitrogens is 1. The highest BCUT2D eigenvalue weighted by Crippen LogP contribution is 2.48. The third-order valence-electron chi connectivity index (χ3n) is 5.83. The predicted octanol–water partition coefficient (Wildman–Crippen LogP) is 2.90. The van der Waals surface area contributed by atoms with Crippen LogP contribution in [0, 0.1) is 5.92 Å². The smallest absolute Gasteiger partial charge is 0.340 e. The molecule has 3 fully saturated rings. The van der Waals surface area contributed by atoms with Crippen LogP contribution in [0.2, 0.25) is 0 Å². The number of nitrogens with zero attached hydrogens (tertiary/aromatic N) is 3. The average molecular weight is 353 g/mol. The lowest BCUT2D eigenvalue weighted by Crippen LogP contribution is -2.53. The first kappa shape index (κ1) is 16.8. The van der Waals surface area contributed by atoms with Crippen molar-refractivity contribution in [3.05, 3.63) is 29.6 Å². The number of hydrogen-bond acceptors (Lipinski definition) is 3. The van der Waals surface area contributed by atoms with Crippen LogP contribution >= 0.6 is 0 Å². The van der Waals surface area contributed by atoms with E-state index >= 15 is 0 Å². The van der Waals surface area contributed by atoms with Crippen molar-refractivity contribution < 1.29 is 18.0 Å². The summed E-state index contributed by atoms with van der Waals surface area (Å²) in [5, 5.41) is 0. The Kier molecular flexibility index (Phi) is 4.22. The van der Waals surface area contributed by atoms with Gasteiger partial charge in [-0.1, -0.05) is 12.5 Å². The van der Waals surface area contributed by atoms with Gasteiger partial charge in [0, 0.05) is 44.3 Å². The maximum Gasteiger partial charge on any atom is 0.433 e. The summed E-state index contributed by atoms with van der Waals surface area (Å²) in [6.45, 7) is 3.42. The van der Waals surface area contributed by atoms with E-state index in [1.807, 2.05) is 4.90 Å². The maximum atomic E-state index is 12.6. The molecule has 1 unspecified atom stereocenters. The van der Waals surface area contributed by atoms with Crippen LogP contribution in [0.25, 0.3) is 0 Å². The minimum absolute atomic E-state index is 0.0203. The lowest BCUT2D eigenvalue weighted by atomic mass is 9.91. The fourth-order valence-electron chi connectivity index (χ4n) is 3.92. The minimum Gasteiger partial charge on any atom is -0.340 e. The first-order valence-electron chi connectivity index (χ1n) is 8.99. The highest BCUT2D eigenvalue weighted by Gasteiger charge is 2.46. The fraction of sp³-hybridized carbons (Fsp3) is 0.667. The third-order valence-corrected chi connectivity index (χ3v) is 5.83. The number of carbonyl (C=O) groups is 1. The number of carbonyl (C=O) groups excluding carboxylic acids is 1. The Hall–Kier alpha value is -1.63. The number of rotatable bonds is 3. The lowest BCUT2D eigenvalue weighted by molar-refractivity contribution is -0.141. The fourth-order valence-corrected chi connectivity index (χ4v) is 3.92. The zero-order chi connectivity index (χ0) is 17.6. The van der Waals surface area contributed by atoms with Gasteiger partial charge in [0.15, 0.2) is 0 Å². The third kappa shape index (κ3) is 3.38. The molecule has 2 heterocycles. The standard InChI is InChI=1S/C18H22F3N3O/c19-18(20,21)16-5-4-12(11-22-16)14-10-15(14)17(25)24-8-6-23(7-9-24)13-2-1-3-13/h4-5,11,13-15H,1-3,6-10H2/t14?,15-/m0/s1. The molecule has 4 rings (SSSR count). The van der Waals surface area contributed by atoms with E-state index in [1.54, 1.807) is 0 Å². The van der Waals surface area contributed by atoms with Gasteiger partial charge >= 0.3 is 6.18 Å². The molecular weight excluding hydrogens is 331 g/mol. The molecule has 0 radical (unpaired) electrons. The average Bonchev–Trinajstić information content (AvgIpc) is 3.33. The molecule has 4 nitrogen and oxygen atoms in total. The van der Waals surface area contributed by atoms with Crippen LogP contribution in [-0.2, 0) is 11.0 Å². The Morgan fingerprint density at radius 3 is 2.36 bits per heavy atom. The van der Waals surface area contributed by atoms with E-state index in [9.17, 15) is 18.0 Å². The van der Waals surface area contributed by atoms with E-state index < -0.39 is 11.9 Å². The van der Waals surface area contributed by atoms with Crippen LogP contribution in [-0.4, -0.2) is 52.9 Å². The zero-order valence-corrected chi connectivity index (χ0v) is 14.0. The van der Waals surface area contributed by atoms with Crippen LogP contribution in [0.5, 0.6) is 0 Å². The second kappa shape index (κ2) is 6.27. The van der Waals surface area contributed by atoms with E-state index in [0.717, 1.165) is 37.8 Å². The molecule has 0 spiro atoms. The quantitative estimate of drug-likeness (QED) is 0.838. The lowest BCUT2D eigenvalue weighted by Gasteiger charge is -2.43. The number of piperazine rings is 1. The molecular formula is C18H22F3N3O. The molecule has 0 bridgehead atoms. The van der Waals surface area contributed by atoms with Gasteiger partial charge in [0.05, 0.1) is 0 Å². The van der Waals surface area contributed by atoms with E-state index in [4.69, 9.17) is 0 Å². The molecule has 0 aromatic carbocycles. The summed E-state index contributed by atoms with van der Waals surface area (Å²) in [5.41, 5.74) is -0.147. The van der Waals surface area contributed by atoms with Crippen molar-refractivity contribution in [2.45, 2.75) is 43.8 Å². The number of amides is 1. The van der Waals surface area contributed by atoms with E-state index in [0.29, 0.717) is 12.5 Å². The molecule has 2 aliphatic carbocycles. The molecule has 25 heavy (non-hydrogen) atoms. The first-order chi connectivity index (χ1) is 11.9. The summed E-state index contributed by atoms with van der Waals surface area (Å²) in [6, 6.07) is 3.18. The summed E-state index contributed by atoms with van der Waals surface area (Å²) in [4.78, 5) is 20.6. The Bertz CT molecular complexity index is 634.